The van der Waals surface area contributed by atoms with E-state index >= 15 is 0 Å². The quantitative estimate of drug-likeness (QED) is 0.649. The van der Waals surface area contributed by atoms with Crippen LogP contribution in [-0.4, -0.2) is 25.2 Å². The van der Waals surface area contributed by atoms with E-state index in [1.54, 1.807) is 6.92 Å². The number of carbonyl (C=O) groups excluding carboxylic acids is 2. The van der Waals surface area contributed by atoms with Gasteiger partial charge in [0.15, 0.2) is 6.61 Å². The van der Waals surface area contributed by atoms with Gasteiger partial charge in [0.2, 0.25) is 0 Å². The molecule has 0 heterocycles. The molecule has 0 N–H and O–H groups in total. The summed E-state index contributed by atoms with van der Waals surface area (Å²) in [6.45, 7) is 7.50. The molecule has 0 fully saturated rings. The Morgan fingerprint density at radius 2 is 1.64 bits per heavy atom. The fourth-order valence-corrected chi connectivity index (χ4v) is 0.826. The lowest BCUT2D eigenvalue weighted by Gasteiger charge is -2.16. The third-order valence-electron chi connectivity index (χ3n) is 1.33. The van der Waals surface area contributed by atoms with Crippen molar-refractivity contribution in [3.05, 3.63) is 0 Å². The van der Waals surface area contributed by atoms with E-state index in [-0.39, 0.29) is 18.0 Å². The van der Waals surface area contributed by atoms with Crippen LogP contribution >= 0.6 is 0 Å². The number of hydrogen-bond donors (Lipinski definition) is 0. The molecule has 14 heavy (non-hydrogen) atoms. The zero-order valence-electron chi connectivity index (χ0n) is 9.25. The summed E-state index contributed by atoms with van der Waals surface area (Å²) in [7, 11) is 0. The van der Waals surface area contributed by atoms with Gasteiger partial charge in [-0.05, 0) is 12.3 Å². The highest BCUT2D eigenvalue weighted by Crippen LogP contribution is 2.18. The number of hydrogen-bond acceptors (Lipinski definition) is 4. The van der Waals surface area contributed by atoms with E-state index < -0.39 is 5.97 Å². The molecular formula is C10H18O4. The van der Waals surface area contributed by atoms with E-state index in [0.29, 0.717) is 13.0 Å². The molecule has 0 radical (unpaired) electrons. The minimum absolute atomic E-state index is 0.119. The summed E-state index contributed by atoms with van der Waals surface area (Å²) in [6, 6.07) is 0. The van der Waals surface area contributed by atoms with Crippen molar-refractivity contribution in [1.29, 1.82) is 0 Å². The van der Waals surface area contributed by atoms with Crippen LogP contribution in [-0.2, 0) is 19.1 Å². The number of ether oxygens (including phenoxy) is 2. The van der Waals surface area contributed by atoms with Crippen molar-refractivity contribution in [3.63, 3.8) is 0 Å². The van der Waals surface area contributed by atoms with Crippen LogP contribution in [0.5, 0.6) is 0 Å². The van der Waals surface area contributed by atoms with E-state index in [2.05, 4.69) is 4.74 Å². The van der Waals surface area contributed by atoms with Gasteiger partial charge in [0.05, 0.1) is 13.0 Å². The highest BCUT2D eigenvalue weighted by atomic mass is 16.6. The lowest BCUT2D eigenvalue weighted by atomic mass is 9.93. The first-order valence-electron chi connectivity index (χ1n) is 4.66. The fraction of sp³-hybridized carbons (Fsp3) is 0.800. The van der Waals surface area contributed by atoms with Crippen LogP contribution < -0.4 is 0 Å². The van der Waals surface area contributed by atoms with Crippen molar-refractivity contribution in [3.8, 4) is 0 Å². The first-order valence-corrected chi connectivity index (χ1v) is 4.66. The molecule has 0 aliphatic heterocycles. The van der Waals surface area contributed by atoms with Gasteiger partial charge in [0, 0.05) is 0 Å². The summed E-state index contributed by atoms with van der Waals surface area (Å²) in [5.74, 6) is -0.875. The van der Waals surface area contributed by atoms with E-state index in [1.807, 2.05) is 20.8 Å². The molecule has 0 atom stereocenters. The van der Waals surface area contributed by atoms with Crippen LogP contribution in [0.4, 0.5) is 0 Å². The maximum Gasteiger partial charge on any atom is 0.344 e. The summed E-state index contributed by atoms with van der Waals surface area (Å²) in [4.78, 5) is 22.0. The van der Waals surface area contributed by atoms with Crippen LogP contribution in [0.1, 0.15) is 34.1 Å². The van der Waals surface area contributed by atoms with E-state index in [4.69, 9.17) is 4.74 Å². The lowest BCUT2D eigenvalue weighted by Crippen LogP contribution is -2.20. The molecule has 0 spiro atoms. The second kappa shape index (κ2) is 5.62. The van der Waals surface area contributed by atoms with Crippen LogP contribution in [0.15, 0.2) is 0 Å². The highest BCUT2D eigenvalue weighted by molar-refractivity contribution is 5.76. The fourth-order valence-electron chi connectivity index (χ4n) is 0.826. The summed E-state index contributed by atoms with van der Waals surface area (Å²) < 4.78 is 9.33. The second-order valence-corrected chi connectivity index (χ2v) is 4.20. The number of esters is 2. The lowest BCUT2D eigenvalue weighted by molar-refractivity contribution is -0.159. The molecule has 0 bridgehead atoms. The second-order valence-electron chi connectivity index (χ2n) is 4.20. The number of rotatable bonds is 4. The zero-order chi connectivity index (χ0) is 11.2. The van der Waals surface area contributed by atoms with Gasteiger partial charge in [-0.3, -0.25) is 4.79 Å². The molecule has 0 aliphatic carbocycles. The first-order chi connectivity index (χ1) is 6.35. The van der Waals surface area contributed by atoms with Crippen LogP contribution in [0, 0.1) is 5.41 Å². The van der Waals surface area contributed by atoms with E-state index in [0.717, 1.165) is 0 Å². The molecule has 0 unspecified atom stereocenters. The average Bonchev–Trinajstić information content (AvgIpc) is 1.98. The number of carbonyl (C=O) groups is 2. The largest absolute Gasteiger partial charge is 0.463 e. The van der Waals surface area contributed by atoms with Gasteiger partial charge in [0.25, 0.3) is 0 Å². The molecule has 4 heteroatoms. The standard InChI is InChI=1S/C10H18O4/c1-5-13-9(12)7-14-8(11)6-10(2,3)4/h5-7H2,1-4H3. The van der Waals surface area contributed by atoms with Crippen molar-refractivity contribution in [1.82, 2.24) is 0 Å². The van der Waals surface area contributed by atoms with Crippen molar-refractivity contribution < 1.29 is 19.1 Å². The molecule has 0 aliphatic rings. The van der Waals surface area contributed by atoms with Gasteiger partial charge < -0.3 is 9.47 Å². The van der Waals surface area contributed by atoms with Gasteiger partial charge in [-0.25, -0.2) is 4.79 Å². The van der Waals surface area contributed by atoms with Crippen molar-refractivity contribution in [2.75, 3.05) is 13.2 Å². The minimum Gasteiger partial charge on any atom is -0.463 e. The summed E-state index contributed by atoms with van der Waals surface area (Å²) in [6.07, 6.45) is 0.298. The van der Waals surface area contributed by atoms with Gasteiger partial charge >= 0.3 is 11.9 Å². The van der Waals surface area contributed by atoms with E-state index in [1.165, 1.54) is 0 Å². The van der Waals surface area contributed by atoms with Crippen LogP contribution in [0.2, 0.25) is 0 Å². The Bertz CT molecular complexity index is 203. The molecule has 0 saturated carbocycles. The van der Waals surface area contributed by atoms with Crippen LogP contribution in [0.25, 0.3) is 0 Å². The Morgan fingerprint density at radius 3 is 2.07 bits per heavy atom. The smallest absolute Gasteiger partial charge is 0.344 e. The normalized spacial score (nSPS) is 10.9. The molecule has 0 amide bonds. The zero-order valence-corrected chi connectivity index (χ0v) is 9.25. The maximum atomic E-state index is 11.1. The third-order valence-corrected chi connectivity index (χ3v) is 1.33. The Labute approximate surface area is 84.6 Å². The van der Waals surface area contributed by atoms with Gasteiger partial charge in [-0.1, -0.05) is 20.8 Å². The maximum absolute atomic E-state index is 11.1. The third kappa shape index (κ3) is 7.58. The summed E-state index contributed by atoms with van der Waals surface area (Å²) in [5.41, 5.74) is -0.119. The first kappa shape index (κ1) is 12.9. The molecule has 0 aromatic rings. The Morgan fingerprint density at radius 1 is 1.07 bits per heavy atom. The Hall–Kier alpha value is -1.06. The molecule has 4 nitrogen and oxygen atoms in total. The SMILES string of the molecule is CCOC(=O)COC(=O)CC(C)(C)C. The van der Waals surface area contributed by atoms with E-state index in [9.17, 15) is 9.59 Å². The monoisotopic (exact) mass is 202 g/mol. The Balaban J connectivity index is 3.70. The molecule has 0 saturated heterocycles. The predicted octanol–water partition coefficient (Wildman–Crippen LogP) is 1.53. The molecule has 0 aromatic heterocycles. The summed E-state index contributed by atoms with van der Waals surface area (Å²) >= 11 is 0. The molecule has 0 rings (SSSR count). The average molecular weight is 202 g/mol. The predicted molar refractivity (Wildman–Crippen MR) is 51.7 cm³/mol. The molecule has 82 valence electrons. The van der Waals surface area contributed by atoms with Crippen LogP contribution in [0.3, 0.4) is 0 Å². The highest BCUT2D eigenvalue weighted by Gasteiger charge is 2.17. The van der Waals surface area contributed by atoms with Crippen molar-refractivity contribution >= 4 is 11.9 Å². The molecular weight excluding hydrogens is 184 g/mol. The van der Waals surface area contributed by atoms with Gasteiger partial charge in [0.1, 0.15) is 0 Å². The van der Waals surface area contributed by atoms with Crippen molar-refractivity contribution in [2.45, 2.75) is 34.1 Å². The molecule has 0 aromatic carbocycles. The van der Waals surface area contributed by atoms with Crippen molar-refractivity contribution in [2.24, 2.45) is 5.41 Å². The minimum atomic E-state index is -0.505. The Kier molecular flexibility index (Phi) is 5.20. The summed E-state index contributed by atoms with van der Waals surface area (Å²) in [5, 5.41) is 0. The van der Waals surface area contributed by atoms with Gasteiger partial charge in [-0.2, -0.15) is 0 Å². The van der Waals surface area contributed by atoms with Gasteiger partial charge in [-0.15, -0.1) is 0 Å². The topological polar surface area (TPSA) is 52.6 Å².